The normalized spacial score (nSPS) is 14.1. The van der Waals surface area contributed by atoms with E-state index in [1.165, 1.54) is 7.05 Å². The molecule has 0 unspecified atom stereocenters. The Morgan fingerprint density at radius 3 is 2.30 bits per heavy atom. The van der Waals surface area contributed by atoms with E-state index < -0.39 is 15.9 Å². The molecule has 1 aliphatic heterocycles. The molecule has 3 aromatic rings. The second-order valence-corrected chi connectivity index (χ2v) is 10.3. The maximum Gasteiger partial charge on any atom is 0.243 e. The molecule has 0 spiro atoms. The molecule has 0 aromatic heterocycles. The number of amides is 2. The number of carbonyl (C=O) groups excluding carboxylic acids is 2. The molecule has 0 aliphatic carbocycles. The number of likely N-dealkylation sites (tertiary alicyclic amines) is 1. The van der Waals surface area contributed by atoms with Gasteiger partial charge in [-0.1, -0.05) is 42.5 Å². The number of hydrogen-bond donors (Lipinski definition) is 1. The third kappa shape index (κ3) is 5.40. The van der Waals surface area contributed by atoms with Gasteiger partial charge in [0.2, 0.25) is 21.8 Å². The Bertz CT molecular complexity index is 1270. The highest BCUT2D eigenvalue weighted by atomic mass is 32.2. The number of hydrogen-bond acceptors (Lipinski definition) is 4. The van der Waals surface area contributed by atoms with E-state index in [0.717, 1.165) is 46.6 Å². The van der Waals surface area contributed by atoms with E-state index in [1.54, 1.807) is 42.5 Å². The Kier molecular flexibility index (Phi) is 6.76. The molecule has 1 N–H and O–H groups in total. The number of nitrogens with one attached hydrogen (secondary N) is 1. The number of benzene rings is 3. The number of fused-ring (bicyclic) bond motifs is 1. The highest BCUT2D eigenvalue weighted by Gasteiger charge is 2.23. The second kappa shape index (κ2) is 9.72. The third-order valence-corrected chi connectivity index (χ3v) is 7.65. The minimum Gasteiger partial charge on any atom is -0.342 e. The molecule has 33 heavy (non-hydrogen) atoms. The van der Waals surface area contributed by atoms with Crippen molar-refractivity contribution in [3.05, 3.63) is 72.3 Å². The van der Waals surface area contributed by atoms with Gasteiger partial charge in [-0.2, -0.15) is 4.31 Å². The largest absolute Gasteiger partial charge is 0.342 e. The number of anilines is 1. The van der Waals surface area contributed by atoms with E-state index in [0.29, 0.717) is 12.1 Å². The van der Waals surface area contributed by atoms with E-state index in [-0.39, 0.29) is 17.3 Å². The molecule has 0 saturated carbocycles. The molecule has 3 aromatic carbocycles. The number of likely N-dealkylation sites (N-methyl/N-ethyl adjacent to an activating group) is 1. The van der Waals surface area contributed by atoms with Gasteiger partial charge in [0.15, 0.2) is 0 Å². The van der Waals surface area contributed by atoms with Gasteiger partial charge in [0.25, 0.3) is 0 Å². The molecule has 0 bridgehead atoms. The van der Waals surface area contributed by atoms with Crippen LogP contribution in [-0.4, -0.2) is 56.1 Å². The van der Waals surface area contributed by atoms with Crippen molar-refractivity contribution in [1.82, 2.24) is 9.21 Å². The Balaban J connectivity index is 1.35. The van der Waals surface area contributed by atoms with E-state index in [9.17, 15) is 18.0 Å². The van der Waals surface area contributed by atoms with E-state index in [4.69, 9.17) is 0 Å². The van der Waals surface area contributed by atoms with Crippen LogP contribution < -0.4 is 5.32 Å². The van der Waals surface area contributed by atoms with Crippen molar-refractivity contribution < 1.29 is 18.0 Å². The number of nitrogens with zero attached hydrogens (tertiary/aromatic N) is 2. The quantitative estimate of drug-likeness (QED) is 0.580. The van der Waals surface area contributed by atoms with Gasteiger partial charge in [-0.3, -0.25) is 9.59 Å². The highest BCUT2D eigenvalue weighted by Crippen LogP contribution is 2.21. The van der Waals surface area contributed by atoms with Crippen LogP contribution in [0.15, 0.2) is 71.6 Å². The van der Waals surface area contributed by atoms with Crippen LogP contribution in [-0.2, 0) is 26.0 Å². The van der Waals surface area contributed by atoms with Crippen LogP contribution in [0.25, 0.3) is 10.8 Å². The van der Waals surface area contributed by atoms with Crippen molar-refractivity contribution in [2.75, 3.05) is 32.0 Å². The zero-order valence-corrected chi connectivity index (χ0v) is 19.3. The van der Waals surface area contributed by atoms with E-state index in [1.807, 2.05) is 29.2 Å². The summed E-state index contributed by atoms with van der Waals surface area (Å²) in [5.74, 6) is -0.326. The molecule has 1 heterocycles. The van der Waals surface area contributed by atoms with Gasteiger partial charge in [-0.05, 0) is 53.4 Å². The topological polar surface area (TPSA) is 86.8 Å². The van der Waals surface area contributed by atoms with Gasteiger partial charge in [0.05, 0.1) is 17.9 Å². The average molecular weight is 466 g/mol. The number of sulfonamides is 1. The summed E-state index contributed by atoms with van der Waals surface area (Å²) >= 11 is 0. The molecule has 8 heteroatoms. The molecular weight excluding hydrogens is 438 g/mol. The first-order valence-corrected chi connectivity index (χ1v) is 12.4. The van der Waals surface area contributed by atoms with Crippen LogP contribution in [0.1, 0.15) is 18.4 Å². The molecule has 1 saturated heterocycles. The monoisotopic (exact) mass is 465 g/mol. The summed E-state index contributed by atoms with van der Waals surface area (Å²) in [5.41, 5.74) is 1.43. The molecule has 4 rings (SSSR count). The zero-order valence-electron chi connectivity index (χ0n) is 18.5. The molecule has 1 aliphatic rings. The standard InChI is InChI=1S/C25H27N3O4S/c1-27(33(31,32)23-13-10-20-6-2-3-7-21(20)17-23)18-24(29)26-22-11-8-19(9-12-22)16-25(30)28-14-4-5-15-28/h2-3,6-13,17H,4-5,14-16,18H2,1H3,(H,26,29). The maximum atomic E-state index is 12.9. The van der Waals surface area contributed by atoms with Gasteiger partial charge >= 0.3 is 0 Å². The van der Waals surface area contributed by atoms with Gasteiger partial charge in [0, 0.05) is 25.8 Å². The third-order valence-electron chi connectivity index (χ3n) is 5.85. The first-order chi connectivity index (χ1) is 15.8. The summed E-state index contributed by atoms with van der Waals surface area (Å²) in [6.07, 6.45) is 2.45. The highest BCUT2D eigenvalue weighted by molar-refractivity contribution is 7.89. The van der Waals surface area contributed by atoms with E-state index >= 15 is 0 Å². The molecule has 0 atom stereocenters. The number of rotatable bonds is 7. The predicted molar refractivity (Wildman–Crippen MR) is 128 cm³/mol. The lowest BCUT2D eigenvalue weighted by molar-refractivity contribution is -0.129. The van der Waals surface area contributed by atoms with Gasteiger partial charge < -0.3 is 10.2 Å². The van der Waals surface area contributed by atoms with Crippen LogP contribution in [0.5, 0.6) is 0 Å². The van der Waals surface area contributed by atoms with Crippen molar-refractivity contribution in [2.45, 2.75) is 24.2 Å². The fraction of sp³-hybridized carbons (Fsp3) is 0.280. The summed E-state index contributed by atoms with van der Waals surface area (Å²) in [6, 6.07) is 19.5. The van der Waals surface area contributed by atoms with Gasteiger partial charge in [0.1, 0.15) is 0 Å². The van der Waals surface area contributed by atoms with Crippen LogP contribution in [0.4, 0.5) is 5.69 Å². The SMILES string of the molecule is CN(CC(=O)Nc1ccc(CC(=O)N2CCCC2)cc1)S(=O)(=O)c1ccc2ccccc2c1. The molecule has 2 amide bonds. The molecule has 172 valence electrons. The fourth-order valence-corrected chi connectivity index (χ4v) is 5.12. The first-order valence-electron chi connectivity index (χ1n) is 10.9. The molecule has 1 fully saturated rings. The van der Waals surface area contributed by atoms with Crippen molar-refractivity contribution >= 4 is 38.3 Å². The average Bonchev–Trinajstić information content (AvgIpc) is 3.35. The van der Waals surface area contributed by atoms with E-state index in [2.05, 4.69) is 5.32 Å². The van der Waals surface area contributed by atoms with Crippen molar-refractivity contribution in [3.8, 4) is 0 Å². The Morgan fingerprint density at radius 1 is 0.939 bits per heavy atom. The molecular formula is C25H27N3O4S. The summed E-state index contributed by atoms with van der Waals surface area (Å²) < 4.78 is 26.9. The smallest absolute Gasteiger partial charge is 0.243 e. The lowest BCUT2D eigenvalue weighted by atomic mass is 10.1. The van der Waals surface area contributed by atoms with Crippen LogP contribution >= 0.6 is 0 Å². The lowest BCUT2D eigenvalue weighted by Crippen LogP contribution is -2.35. The van der Waals surface area contributed by atoms with Crippen LogP contribution in [0.3, 0.4) is 0 Å². The van der Waals surface area contributed by atoms with Gasteiger partial charge in [-0.25, -0.2) is 8.42 Å². The number of carbonyl (C=O) groups is 2. The van der Waals surface area contributed by atoms with Crippen LogP contribution in [0.2, 0.25) is 0 Å². The zero-order chi connectivity index (χ0) is 23.4. The van der Waals surface area contributed by atoms with Crippen LogP contribution in [0, 0.1) is 0 Å². The fourth-order valence-electron chi connectivity index (χ4n) is 3.95. The Hall–Kier alpha value is -3.23. The lowest BCUT2D eigenvalue weighted by Gasteiger charge is -2.17. The predicted octanol–water partition coefficient (Wildman–Crippen LogP) is 3.26. The summed E-state index contributed by atoms with van der Waals surface area (Å²) in [7, 11) is -2.43. The van der Waals surface area contributed by atoms with Gasteiger partial charge in [-0.15, -0.1) is 0 Å². The minimum absolute atomic E-state index is 0.116. The van der Waals surface area contributed by atoms with Crippen molar-refractivity contribution in [1.29, 1.82) is 0 Å². The summed E-state index contributed by atoms with van der Waals surface area (Å²) in [4.78, 5) is 26.8. The van der Waals surface area contributed by atoms with Crippen molar-refractivity contribution in [3.63, 3.8) is 0 Å². The molecule has 7 nitrogen and oxygen atoms in total. The maximum absolute atomic E-state index is 12.9. The Labute approximate surface area is 194 Å². The minimum atomic E-state index is -3.82. The summed E-state index contributed by atoms with van der Waals surface area (Å²) in [5, 5.41) is 4.49. The first kappa shape index (κ1) is 22.9. The van der Waals surface area contributed by atoms with Crippen molar-refractivity contribution in [2.24, 2.45) is 0 Å². The summed E-state index contributed by atoms with van der Waals surface area (Å²) in [6.45, 7) is 1.33. The molecule has 0 radical (unpaired) electrons. The Morgan fingerprint density at radius 2 is 1.61 bits per heavy atom. The second-order valence-electron chi connectivity index (χ2n) is 8.28.